The molecule has 4 nitrogen and oxygen atoms in total. The van der Waals surface area contributed by atoms with Gasteiger partial charge in [-0.15, -0.1) is 0 Å². The number of phenolic OH excluding ortho intramolecular Hbond substituents is 1. The summed E-state index contributed by atoms with van der Waals surface area (Å²) in [5, 5.41) is 10.0. The van der Waals surface area contributed by atoms with Gasteiger partial charge in [0.05, 0.1) is 5.69 Å². The van der Waals surface area contributed by atoms with Gasteiger partial charge in [-0.05, 0) is 31.2 Å². The molecule has 0 heterocycles. The van der Waals surface area contributed by atoms with Crippen molar-refractivity contribution in [2.24, 2.45) is 4.99 Å². The van der Waals surface area contributed by atoms with Crippen molar-refractivity contribution in [1.29, 1.82) is 0 Å². The van der Waals surface area contributed by atoms with Gasteiger partial charge in [0.2, 0.25) is 0 Å². The van der Waals surface area contributed by atoms with Crippen LogP contribution in [0.15, 0.2) is 66.2 Å². The Morgan fingerprint density at radius 3 is 2.57 bits per heavy atom. The van der Waals surface area contributed by atoms with Crippen molar-refractivity contribution in [3.8, 4) is 11.5 Å². The number of hydrogen-bond donors (Lipinski definition) is 1. The molecular formula is C17H15NO3. The Bertz CT molecular complexity index is 690. The molecule has 106 valence electrons. The van der Waals surface area contributed by atoms with E-state index in [4.69, 9.17) is 4.74 Å². The molecule has 0 aliphatic rings. The Morgan fingerprint density at radius 1 is 1.24 bits per heavy atom. The number of carbonyl (C=O) groups is 1. The van der Waals surface area contributed by atoms with Crippen LogP contribution in [0.5, 0.6) is 11.5 Å². The second-order valence-electron chi connectivity index (χ2n) is 4.34. The maximum atomic E-state index is 11.1. The predicted octanol–water partition coefficient (Wildman–Crippen LogP) is 3.62. The molecule has 0 radical (unpaired) electrons. The molecule has 0 aromatic heterocycles. The fourth-order valence-electron chi connectivity index (χ4n) is 1.80. The van der Waals surface area contributed by atoms with Crippen LogP contribution in [0, 0.1) is 0 Å². The Balaban J connectivity index is 2.26. The van der Waals surface area contributed by atoms with Gasteiger partial charge < -0.3 is 9.84 Å². The largest absolute Gasteiger partial charge is 0.507 e. The topological polar surface area (TPSA) is 58.9 Å². The minimum atomic E-state index is -0.572. The van der Waals surface area contributed by atoms with E-state index >= 15 is 0 Å². The molecule has 0 amide bonds. The van der Waals surface area contributed by atoms with E-state index in [-0.39, 0.29) is 11.5 Å². The van der Waals surface area contributed by atoms with E-state index in [0.717, 1.165) is 11.8 Å². The molecule has 0 spiro atoms. The maximum absolute atomic E-state index is 11.1. The third kappa shape index (κ3) is 3.79. The lowest BCUT2D eigenvalue weighted by Gasteiger charge is -2.07. The summed E-state index contributed by atoms with van der Waals surface area (Å²) < 4.78 is 4.94. The summed E-state index contributed by atoms with van der Waals surface area (Å²) in [6, 6.07) is 14.1. The number of nitrogens with zero attached hydrogens (tertiary/aromatic N) is 1. The van der Waals surface area contributed by atoms with Crippen LogP contribution in [-0.4, -0.2) is 16.8 Å². The summed E-state index contributed by atoms with van der Waals surface area (Å²) >= 11 is 0. The number of hydrogen-bond acceptors (Lipinski definition) is 4. The molecular weight excluding hydrogens is 266 g/mol. The SMILES string of the molecule is C=CC(=O)Oc1ccc(C(C)=Nc2ccccc2)c(O)c1. The van der Waals surface area contributed by atoms with Gasteiger partial charge in [-0.1, -0.05) is 24.8 Å². The number of ether oxygens (including phenoxy) is 1. The molecule has 0 unspecified atom stereocenters. The third-order valence-electron chi connectivity index (χ3n) is 2.80. The highest BCUT2D eigenvalue weighted by Crippen LogP contribution is 2.25. The highest BCUT2D eigenvalue weighted by atomic mass is 16.5. The van der Waals surface area contributed by atoms with Crippen LogP contribution in [0.2, 0.25) is 0 Å². The summed E-state index contributed by atoms with van der Waals surface area (Å²) in [7, 11) is 0. The molecule has 0 saturated heterocycles. The monoisotopic (exact) mass is 281 g/mol. The Kier molecular flexibility index (Phi) is 4.51. The van der Waals surface area contributed by atoms with E-state index in [1.165, 1.54) is 6.07 Å². The molecule has 0 fully saturated rings. The van der Waals surface area contributed by atoms with Crippen molar-refractivity contribution in [2.45, 2.75) is 6.92 Å². The number of phenols is 1. The molecule has 2 aromatic rings. The zero-order chi connectivity index (χ0) is 15.2. The normalized spacial score (nSPS) is 11.0. The van der Waals surface area contributed by atoms with Gasteiger partial charge in [0.1, 0.15) is 11.5 Å². The molecule has 21 heavy (non-hydrogen) atoms. The number of carbonyl (C=O) groups excluding carboxylic acids is 1. The second-order valence-corrected chi connectivity index (χ2v) is 4.34. The van der Waals surface area contributed by atoms with Crippen LogP contribution < -0.4 is 4.74 Å². The Labute approximate surface area is 123 Å². The molecule has 0 bridgehead atoms. The van der Waals surface area contributed by atoms with Crippen molar-refractivity contribution in [1.82, 2.24) is 0 Å². The molecule has 0 aliphatic carbocycles. The van der Waals surface area contributed by atoms with Crippen LogP contribution in [0.3, 0.4) is 0 Å². The van der Waals surface area contributed by atoms with E-state index in [1.807, 2.05) is 30.3 Å². The summed E-state index contributed by atoms with van der Waals surface area (Å²) in [6.45, 7) is 5.12. The first-order valence-electron chi connectivity index (χ1n) is 6.38. The minimum absolute atomic E-state index is 0.00143. The zero-order valence-corrected chi connectivity index (χ0v) is 11.6. The average molecular weight is 281 g/mol. The highest BCUT2D eigenvalue weighted by molar-refractivity contribution is 6.02. The number of aromatic hydroxyl groups is 1. The zero-order valence-electron chi connectivity index (χ0n) is 11.6. The average Bonchev–Trinajstić information content (AvgIpc) is 2.48. The molecule has 2 rings (SSSR count). The number of aliphatic imine (C=N–C) groups is 1. The quantitative estimate of drug-likeness (QED) is 0.403. The minimum Gasteiger partial charge on any atom is -0.507 e. The van der Waals surface area contributed by atoms with Gasteiger partial charge in [-0.25, -0.2) is 4.79 Å². The van der Waals surface area contributed by atoms with Crippen LogP contribution in [0.4, 0.5) is 5.69 Å². The standard InChI is InChI=1S/C17H15NO3/c1-3-17(20)21-14-9-10-15(16(19)11-14)12(2)18-13-7-5-4-6-8-13/h3-11,19H,1H2,2H3. The summed E-state index contributed by atoms with van der Waals surface area (Å²) in [5.74, 6) is -0.313. The van der Waals surface area contributed by atoms with Crippen molar-refractivity contribution in [2.75, 3.05) is 0 Å². The molecule has 2 aromatic carbocycles. The van der Waals surface area contributed by atoms with Gasteiger partial charge in [0.15, 0.2) is 0 Å². The predicted molar refractivity (Wildman–Crippen MR) is 82.3 cm³/mol. The van der Waals surface area contributed by atoms with Crippen molar-refractivity contribution in [3.05, 3.63) is 66.7 Å². The third-order valence-corrected chi connectivity index (χ3v) is 2.80. The van der Waals surface area contributed by atoms with Gasteiger partial charge in [-0.3, -0.25) is 4.99 Å². The lowest BCUT2D eigenvalue weighted by Crippen LogP contribution is -2.03. The first kappa shape index (κ1) is 14.5. The summed E-state index contributed by atoms with van der Waals surface area (Å²) in [6.07, 6.45) is 1.06. The van der Waals surface area contributed by atoms with Crippen LogP contribution in [-0.2, 0) is 4.79 Å². The number of benzene rings is 2. The van der Waals surface area contributed by atoms with E-state index < -0.39 is 5.97 Å². The van der Waals surface area contributed by atoms with E-state index in [2.05, 4.69) is 11.6 Å². The molecule has 0 saturated carbocycles. The number of para-hydroxylation sites is 1. The van der Waals surface area contributed by atoms with Crippen molar-refractivity contribution < 1.29 is 14.6 Å². The van der Waals surface area contributed by atoms with Gasteiger partial charge in [-0.2, -0.15) is 0 Å². The van der Waals surface area contributed by atoms with Crippen LogP contribution in [0.25, 0.3) is 0 Å². The number of rotatable bonds is 4. The molecule has 1 N–H and O–H groups in total. The molecule has 0 aliphatic heterocycles. The Morgan fingerprint density at radius 2 is 1.95 bits per heavy atom. The lowest BCUT2D eigenvalue weighted by molar-refractivity contribution is -0.128. The van der Waals surface area contributed by atoms with E-state index in [9.17, 15) is 9.90 Å². The molecule has 0 atom stereocenters. The van der Waals surface area contributed by atoms with Crippen molar-refractivity contribution >= 4 is 17.4 Å². The van der Waals surface area contributed by atoms with Gasteiger partial charge in [0, 0.05) is 23.4 Å². The van der Waals surface area contributed by atoms with Crippen LogP contribution in [0.1, 0.15) is 12.5 Å². The fraction of sp³-hybridized carbons (Fsp3) is 0.0588. The molecule has 4 heteroatoms. The highest BCUT2D eigenvalue weighted by Gasteiger charge is 2.08. The lowest BCUT2D eigenvalue weighted by atomic mass is 10.1. The van der Waals surface area contributed by atoms with Gasteiger partial charge in [0.25, 0.3) is 0 Å². The van der Waals surface area contributed by atoms with E-state index in [1.54, 1.807) is 19.1 Å². The first-order chi connectivity index (χ1) is 10.1. The number of esters is 1. The maximum Gasteiger partial charge on any atom is 0.335 e. The van der Waals surface area contributed by atoms with E-state index in [0.29, 0.717) is 11.3 Å². The van der Waals surface area contributed by atoms with Crippen molar-refractivity contribution in [3.63, 3.8) is 0 Å². The van der Waals surface area contributed by atoms with Gasteiger partial charge >= 0.3 is 5.97 Å². The van der Waals surface area contributed by atoms with Crippen LogP contribution >= 0.6 is 0 Å². The first-order valence-corrected chi connectivity index (χ1v) is 6.38. The Hall–Kier alpha value is -2.88. The summed E-state index contributed by atoms with van der Waals surface area (Å²) in [4.78, 5) is 15.5. The smallest absolute Gasteiger partial charge is 0.335 e. The summed E-state index contributed by atoms with van der Waals surface area (Å²) in [5.41, 5.74) is 2.05. The second kappa shape index (κ2) is 6.52. The fourth-order valence-corrected chi connectivity index (χ4v) is 1.80.